The fourth-order valence-corrected chi connectivity index (χ4v) is 2.24. The van der Waals surface area contributed by atoms with E-state index in [9.17, 15) is 0 Å². The number of aliphatic imine (C=N–C) groups is 1. The second-order valence-electron chi connectivity index (χ2n) is 3.23. The normalized spacial score (nSPS) is 20.7. The number of hydrogen-bond donors (Lipinski definition) is 1. The minimum Gasteiger partial charge on any atom is -0.335 e. The monoisotopic (exact) mass is 226 g/mol. The van der Waals surface area contributed by atoms with Gasteiger partial charge in [0.15, 0.2) is 5.17 Å². The number of nitrogens with zero attached hydrogens (tertiary/aromatic N) is 1. The Balaban J connectivity index is 2.04. The molecule has 0 bridgehead atoms. The predicted molar refractivity (Wildman–Crippen MR) is 64.4 cm³/mol. The van der Waals surface area contributed by atoms with E-state index < -0.39 is 0 Å². The van der Waals surface area contributed by atoms with Crippen LogP contribution in [0.25, 0.3) is 0 Å². The van der Waals surface area contributed by atoms with E-state index in [0.717, 1.165) is 21.6 Å². The summed E-state index contributed by atoms with van der Waals surface area (Å²) in [5, 5.41) is 5.01. The first-order valence-corrected chi connectivity index (χ1v) is 5.83. The van der Waals surface area contributed by atoms with Gasteiger partial charge in [0.05, 0.1) is 6.04 Å². The highest BCUT2D eigenvalue weighted by molar-refractivity contribution is 8.14. The van der Waals surface area contributed by atoms with Gasteiger partial charge in [-0.2, -0.15) is 0 Å². The molecule has 1 aromatic carbocycles. The Morgan fingerprint density at radius 3 is 2.71 bits per heavy atom. The average Bonchev–Trinajstić information content (AvgIpc) is 2.56. The maximum Gasteiger partial charge on any atom is 0.161 e. The van der Waals surface area contributed by atoms with Crippen LogP contribution in [0, 0.1) is 0 Å². The molecule has 14 heavy (non-hydrogen) atoms. The molecule has 1 heterocycles. The predicted octanol–water partition coefficient (Wildman–Crippen LogP) is 3.24. The van der Waals surface area contributed by atoms with Crippen molar-refractivity contribution in [3.63, 3.8) is 0 Å². The first-order chi connectivity index (χ1) is 6.74. The molecule has 1 aromatic rings. The lowest BCUT2D eigenvalue weighted by molar-refractivity contribution is 0.865. The van der Waals surface area contributed by atoms with Crippen molar-refractivity contribution < 1.29 is 0 Å². The Hall–Kier alpha value is -0.670. The van der Waals surface area contributed by atoms with Crippen molar-refractivity contribution in [1.82, 2.24) is 0 Å². The summed E-state index contributed by atoms with van der Waals surface area (Å²) >= 11 is 7.54. The van der Waals surface area contributed by atoms with E-state index in [-0.39, 0.29) is 0 Å². The van der Waals surface area contributed by atoms with Crippen LogP contribution < -0.4 is 5.32 Å². The van der Waals surface area contributed by atoms with Gasteiger partial charge in [0.25, 0.3) is 0 Å². The molecule has 0 fully saturated rings. The molecule has 1 aliphatic heterocycles. The molecule has 1 aliphatic rings. The molecule has 0 radical (unpaired) electrons. The highest BCUT2D eigenvalue weighted by atomic mass is 35.5. The van der Waals surface area contributed by atoms with E-state index >= 15 is 0 Å². The first-order valence-electron chi connectivity index (χ1n) is 4.47. The fourth-order valence-electron chi connectivity index (χ4n) is 1.20. The summed E-state index contributed by atoms with van der Waals surface area (Å²) in [4.78, 5) is 4.44. The number of benzene rings is 1. The zero-order valence-corrected chi connectivity index (χ0v) is 9.40. The minimum atomic E-state index is 0.426. The van der Waals surface area contributed by atoms with Crippen LogP contribution in [0.4, 0.5) is 5.69 Å². The second kappa shape index (κ2) is 4.24. The Bertz CT molecular complexity index is 348. The van der Waals surface area contributed by atoms with Gasteiger partial charge in [-0.3, -0.25) is 4.99 Å². The van der Waals surface area contributed by atoms with Crippen LogP contribution in [0.5, 0.6) is 0 Å². The van der Waals surface area contributed by atoms with Gasteiger partial charge in [-0.05, 0) is 31.2 Å². The maximum absolute atomic E-state index is 5.79. The van der Waals surface area contributed by atoms with Crippen molar-refractivity contribution >= 4 is 34.2 Å². The van der Waals surface area contributed by atoms with E-state index in [0.29, 0.717) is 6.04 Å². The average molecular weight is 227 g/mol. The Morgan fingerprint density at radius 2 is 2.14 bits per heavy atom. The summed E-state index contributed by atoms with van der Waals surface area (Å²) < 4.78 is 0. The van der Waals surface area contributed by atoms with Crippen molar-refractivity contribution in [2.45, 2.75) is 13.0 Å². The van der Waals surface area contributed by atoms with E-state index in [1.807, 2.05) is 24.3 Å². The van der Waals surface area contributed by atoms with Gasteiger partial charge in [0, 0.05) is 16.5 Å². The molecular formula is C10H11ClN2S. The van der Waals surface area contributed by atoms with E-state index in [4.69, 9.17) is 11.6 Å². The summed E-state index contributed by atoms with van der Waals surface area (Å²) in [7, 11) is 0. The topological polar surface area (TPSA) is 24.4 Å². The highest BCUT2D eigenvalue weighted by Crippen LogP contribution is 2.20. The maximum atomic E-state index is 5.79. The SMILES string of the molecule is C[C@@H]1CSC(Nc2ccc(Cl)cc2)=N1. The number of amidine groups is 1. The molecule has 0 unspecified atom stereocenters. The van der Waals surface area contributed by atoms with Crippen molar-refractivity contribution in [3.8, 4) is 0 Å². The van der Waals surface area contributed by atoms with Gasteiger partial charge < -0.3 is 5.32 Å². The number of hydrogen-bond acceptors (Lipinski definition) is 3. The lowest BCUT2D eigenvalue weighted by Crippen LogP contribution is -2.04. The van der Waals surface area contributed by atoms with Crippen molar-refractivity contribution in [2.75, 3.05) is 11.1 Å². The van der Waals surface area contributed by atoms with Crippen LogP contribution in [0.15, 0.2) is 29.3 Å². The fraction of sp³-hybridized carbons (Fsp3) is 0.300. The molecule has 1 atom stereocenters. The zero-order valence-electron chi connectivity index (χ0n) is 7.83. The summed E-state index contributed by atoms with van der Waals surface area (Å²) in [5.41, 5.74) is 1.04. The van der Waals surface area contributed by atoms with Gasteiger partial charge in [0.2, 0.25) is 0 Å². The largest absolute Gasteiger partial charge is 0.335 e. The molecule has 2 rings (SSSR count). The van der Waals surface area contributed by atoms with Crippen LogP contribution in [0.2, 0.25) is 5.02 Å². The van der Waals surface area contributed by atoms with E-state index in [1.54, 1.807) is 11.8 Å². The quantitative estimate of drug-likeness (QED) is 0.795. The number of thioether (sulfide) groups is 1. The van der Waals surface area contributed by atoms with Gasteiger partial charge in [-0.15, -0.1) is 0 Å². The van der Waals surface area contributed by atoms with Crippen LogP contribution in [0.3, 0.4) is 0 Å². The van der Waals surface area contributed by atoms with Crippen LogP contribution in [-0.4, -0.2) is 17.0 Å². The summed E-state index contributed by atoms with van der Waals surface area (Å²) in [6, 6.07) is 8.07. The molecule has 0 spiro atoms. The number of anilines is 1. The van der Waals surface area contributed by atoms with Gasteiger partial charge in [-0.1, -0.05) is 23.4 Å². The Labute approximate surface area is 92.8 Å². The summed E-state index contributed by atoms with van der Waals surface area (Å²) in [5.74, 6) is 1.07. The van der Waals surface area contributed by atoms with Gasteiger partial charge >= 0.3 is 0 Å². The molecule has 74 valence electrons. The summed E-state index contributed by atoms with van der Waals surface area (Å²) in [6.45, 7) is 2.11. The molecule has 0 saturated heterocycles. The number of halogens is 1. The third-order valence-electron chi connectivity index (χ3n) is 1.89. The van der Waals surface area contributed by atoms with Crippen molar-refractivity contribution in [2.24, 2.45) is 4.99 Å². The molecule has 4 heteroatoms. The van der Waals surface area contributed by atoms with Gasteiger partial charge in [0.1, 0.15) is 0 Å². The lowest BCUT2D eigenvalue weighted by Gasteiger charge is -2.03. The standard InChI is InChI=1S/C10H11ClN2S/c1-7-6-14-10(12-7)13-9-4-2-8(11)3-5-9/h2-5,7H,6H2,1H3,(H,12,13)/t7-/m1/s1. The summed E-state index contributed by atoms with van der Waals surface area (Å²) in [6.07, 6.45) is 0. The number of nitrogens with one attached hydrogen (secondary N) is 1. The second-order valence-corrected chi connectivity index (χ2v) is 4.67. The lowest BCUT2D eigenvalue weighted by atomic mass is 10.3. The van der Waals surface area contributed by atoms with Crippen molar-refractivity contribution in [3.05, 3.63) is 29.3 Å². The molecule has 0 aromatic heterocycles. The van der Waals surface area contributed by atoms with E-state index in [2.05, 4.69) is 17.2 Å². The third-order valence-corrected chi connectivity index (χ3v) is 3.28. The smallest absolute Gasteiger partial charge is 0.161 e. The van der Waals surface area contributed by atoms with Crippen LogP contribution in [0.1, 0.15) is 6.92 Å². The van der Waals surface area contributed by atoms with Crippen LogP contribution >= 0.6 is 23.4 Å². The molecular weight excluding hydrogens is 216 g/mol. The first kappa shape index (κ1) is 9.87. The Morgan fingerprint density at radius 1 is 1.43 bits per heavy atom. The molecule has 1 N–H and O–H groups in total. The van der Waals surface area contributed by atoms with Crippen molar-refractivity contribution in [1.29, 1.82) is 0 Å². The minimum absolute atomic E-state index is 0.426. The zero-order chi connectivity index (χ0) is 9.97. The number of rotatable bonds is 1. The molecule has 0 amide bonds. The molecule has 0 aliphatic carbocycles. The third kappa shape index (κ3) is 2.42. The van der Waals surface area contributed by atoms with E-state index in [1.165, 1.54) is 0 Å². The van der Waals surface area contributed by atoms with Crippen LogP contribution in [-0.2, 0) is 0 Å². The molecule has 0 saturated carbocycles. The van der Waals surface area contributed by atoms with Gasteiger partial charge in [-0.25, -0.2) is 0 Å². The Kier molecular flexibility index (Phi) is 2.99. The highest BCUT2D eigenvalue weighted by Gasteiger charge is 2.13. The molecule has 2 nitrogen and oxygen atoms in total.